The minimum absolute atomic E-state index is 0.158. The maximum atomic E-state index is 12.3. The van der Waals surface area contributed by atoms with Gasteiger partial charge in [-0.15, -0.1) is 0 Å². The number of halogens is 1. The molecule has 1 N–H and O–H groups in total. The number of esters is 1. The van der Waals surface area contributed by atoms with Crippen LogP contribution in [0, 0.1) is 5.41 Å². The summed E-state index contributed by atoms with van der Waals surface area (Å²) >= 11 is 5.95. The van der Waals surface area contributed by atoms with Crippen molar-refractivity contribution in [2.75, 3.05) is 13.1 Å². The summed E-state index contributed by atoms with van der Waals surface area (Å²) in [5, 5.41) is 4.01. The molecule has 1 aromatic rings. The molecule has 3 nitrogen and oxygen atoms in total. The van der Waals surface area contributed by atoms with Crippen molar-refractivity contribution < 1.29 is 9.53 Å². The Hall–Kier alpha value is -1.06. The SMILES string of the molecule is CC(C)(C)C(=O)OC1(c2ccc(Cl)cc2)CCNCC1. The van der Waals surface area contributed by atoms with Crippen molar-refractivity contribution in [3.05, 3.63) is 34.9 Å². The third-order valence-electron chi connectivity index (χ3n) is 3.68. The molecule has 1 aliphatic rings. The summed E-state index contributed by atoms with van der Waals surface area (Å²) in [5.41, 5.74) is 0.00539. The van der Waals surface area contributed by atoms with E-state index in [1.807, 2.05) is 45.0 Å². The third kappa shape index (κ3) is 3.33. The van der Waals surface area contributed by atoms with E-state index in [9.17, 15) is 4.79 Å². The van der Waals surface area contributed by atoms with Crippen molar-refractivity contribution in [3.8, 4) is 0 Å². The average Bonchev–Trinajstić information content (AvgIpc) is 2.39. The maximum absolute atomic E-state index is 12.3. The van der Waals surface area contributed by atoms with Crippen LogP contribution in [0.25, 0.3) is 0 Å². The Kier molecular flexibility index (Phi) is 4.40. The molecule has 0 aliphatic carbocycles. The number of nitrogens with one attached hydrogen (secondary N) is 1. The van der Waals surface area contributed by atoms with Gasteiger partial charge in [0.05, 0.1) is 5.41 Å². The van der Waals surface area contributed by atoms with Crippen LogP contribution in [-0.2, 0) is 15.1 Å². The number of ether oxygens (including phenoxy) is 1. The number of hydrogen-bond acceptors (Lipinski definition) is 3. The second-order valence-electron chi connectivity index (χ2n) is 6.39. The minimum atomic E-state index is -0.528. The molecular formula is C16H22ClNO2. The average molecular weight is 296 g/mol. The van der Waals surface area contributed by atoms with Gasteiger partial charge < -0.3 is 10.1 Å². The van der Waals surface area contributed by atoms with E-state index < -0.39 is 11.0 Å². The van der Waals surface area contributed by atoms with Crippen molar-refractivity contribution in [1.82, 2.24) is 5.32 Å². The minimum Gasteiger partial charge on any atom is -0.454 e. The molecule has 2 rings (SSSR count). The first kappa shape index (κ1) is 15.3. The number of hydrogen-bond donors (Lipinski definition) is 1. The molecule has 1 aromatic carbocycles. The predicted molar refractivity (Wildman–Crippen MR) is 80.8 cm³/mol. The predicted octanol–water partition coefficient (Wildman–Crippen LogP) is 3.51. The molecule has 1 saturated heterocycles. The Balaban J connectivity index is 2.30. The van der Waals surface area contributed by atoms with E-state index in [0.29, 0.717) is 5.02 Å². The van der Waals surface area contributed by atoms with Crippen LogP contribution in [0.2, 0.25) is 5.02 Å². The van der Waals surface area contributed by atoms with Crippen LogP contribution >= 0.6 is 11.6 Å². The fourth-order valence-electron chi connectivity index (χ4n) is 2.36. The van der Waals surface area contributed by atoms with Crippen LogP contribution in [0.5, 0.6) is 0 Å². The van der Waals surface area contributed by atoms with Gasteiger partial charge in [0.1, 0.15) is 5.60 Å². The molecule has 20 heavy (non-hydrogen) atoms. The van der Waals surface area contributed by atoms with E-state index in [-0.39, 0.29) is 5.97 Å². The van der Waals surface area contributed by atoms with Crippen LogP contribution in [0.4, 0.5) is 0 Å². The molecule has 1 aliphatic heterocycles. The standard InChI is InChI=1S/C16H22ClNO2/c1-15(2,3)14(19)20-16(8-10-18-11-9-16)12-4-6-13(17)7-5-12/h4-7,18H,8-11H2,1-3H3. The zero-order valence-corrected chi connectivity index (χ0v) is 13.1. The summed E-state index contributed by atoms with van der Waals surface area (Å²) in [6.07, 6.45) is 1.58. The summed E-state index contributed by atoms with van der Waals surface area (Å²) in [7, 11) is 0. The molecule has 0 spiro atoms. The quantitative estimate of drug-likeness (QED) is 0.849. The molecule has 1 fully saturated rings. The Morgan fingerprint density at radius 3 is 2.25 bits per heavy atom. The van der Waals surface area contributed by atoms with Gasteiger partial charge in [-0.05, 0) is 51.6 Å². The highest BCUT2D eigenvalue weighted by Crippen LogP contribution is 2.37. The second-order valence-corrected chi connectivity index (χ2v) is 6.83. The molecule has 0 atom stereocenters. The molecule has 0 saturated carbocycles. The summed E-state index contributed by atoms with van der Waals surface area (Å²) in [5.74, 6) is -0.158. The highest BCUT2D eigenvalue weighted by atomic mass is 35.5. The van der Waals surface area contributed by atoms with Crippen molar-refractivity contribution >= 4 is 17.6 Å². The van der Waals surface area contributed by atoms with Gasteiger partial charge in [0, 0.05) is 17.9 Å². The van der Waals surface area contributed by atoms with Gasteiger partial charge in [-0.3, -0.25) is 4.79 Å². The summed E-state index contributed by atoms with van der Waals surface area (Å²) in [4.78, 5) is 12.3. The number of benzene rings is 1. The number of piperidine rings is 1. The van der Waals surface area contributed by atoms with E-state index in [4.69, 9.17) is 16.3 Å². The molecule has 110 valence electrons. The van der Waals surface area contributed by atoms with Crippen LogP contribution in [0.3, 0.4) is 0 Å². The Labute approximate surface area is 125 Å². The van der Waals surface area contributed by atoms with E-state index in [1.54, 1.807) is 0 Å². The van der Waals surface area contributed by atoms with Gasteiger partial charge >= 0.3 is 5.97 Å². The van der Waals surface area contributed by atoms with Gasteiger partial charge in [0.25, 0.3) is 0 Å². The lowest BCUT2D eigenvalue weighted by Gasteiger charge is -2.39. The molecule has 0 aromatic heterocycles. The van der Waals surface area contributed by atoms with Crippen LogP contribution in [-0.4, -0.2) is 19.1 Å². The zero-order chi connectivity index (χ0) is 14.8. The fourth-order valence-corrected chi connectivity index (χ4v) is 2.49. The van der Waals surface area contributed by atoms with Crippen molar-refractivity contribution in [2.45, 2.75) is 39.2 Å². The number of rotatable bonds is 2. The smallest absolute Gasteiger partial charge is 0.312 e. The summed E-state index contributed by atoms with van der Waals surface area (Å²) in [6.45, 7) is 7.34. The van der Waals surface area contributed by atoms with Gasteiger partial charge in [0.15, 0.2) is 0 Å². The fraction of sp³-hybridized carbons (Fsp3) is 0.562. The van der Waals surface area contributed by atoms with Crippen molar-refractivity contribution in [2.24, 2.45) is 5.41 Å². The Morgan fingerprint density at radius 2 is 1.75 bits per heavy atom. The van der Waals surface area contributed by atoms with Crippen LogP contribution < -0.4 is 5.32 Å². The Bertz CT molecular complexity index is 470. The molecule has 0 bridgehead atoms. The first-order valence-electron chi connectivity index (χ1n) is 7.04. The molecule has 0 radical (unpaired) electrons. The second kappa shape index (κ2) is 5.74. The summed E-state index contributed by atoms with van der Waals surface area (Å²) in [6, 6.07) is 7.63. The highest BCUT2D eigenvalue weighted by Gasteiger charge is 2.40. The monoisotopic (exact) mass is 295 g/mol. The van der Waals surface area contributed by atoms with Gasteiger partial charge in [-0.1, -0.05) is 23.7 Å². The summed E-state index contributed by atoms with van der Waals surface area (Å²) < 4.78 is 5.95. The van der Waals surface area contributed by atoms with Crippen molar-refractivity contribution in [3.63, 3.8) is 0 Å². The zero-order valence-electron chi connectivity index (χ0n) is 12.3. The lowest BCUT2D eigenvalue weighted by atomic mass is 9.84. The normalized spacial score (nSPS) is 18.6. The topological polar surface area (TPSA) is 38.3 Å². The van der Waals surface area contributed by atoms with Gasteiger partial charge in [-0.25, -0.2) is 0 Å². The largest absolute Gasteiger partial charge is 0.454 e. The first-order valence-corrected chi connectivity index (χ1v) is 7.41. The lowest BCUT2D eigenvalue weighted by molar-refractivity contribution is -0.174. The highest BCUT2D eigenvalue weighted by molar-refractivity contribution is 6.30. The molecule has 1 heterocycles. The van der Waals surface area contributed by atoms with E-state index in [0.717, 1.165) is 31.5 Å². The van der Waals surface area contributed by atoms with E-state index >= 15 is 0 Å². The number of carbonyl (C=O) groups excluding carboxylic acids is 1. The number of carbonyl (C=O) groups is 1. The van der Waals surface area contributed by atoms with Gasteiger partial charge in [-0.2, -0.15) is 0 Å². The van der Waals surface area contributed by atoms with E-state index in [2.05, 4.69) is 5.32 Å². The maximum Gasteiger partial charge on any atom is 0.312 e. The lowest BCUT2D eigenvalue weighted by Crippen LogP contribution is -2.45. The molecule has 4 heteroatoms. The van der Waals surface area contributed by atoms with Crippen LogP contribution in [0.1, 0.15) is 39.2 Å². The van der Waals surface area contributed by atoms with Crippen molar-refractivity contribution in [1.29, 1.82) is 0 Å². The van der Waals surface area contributed by atoms with E-state index in [1.165, 1.54) is 0 Å². The molecule has 0 unspecified atom stereocenters. The van der Waals surface area contributed by atoms with Gasteiger partial charge in [0.2, 0.25) is 0 Å². The first-order chi connectivity index (χ1) is 9.33. The van der Waals surface area contributed by atoms with Crippen LogP contribution in [0.15, 0.2) is 24.3 Å². The Morgan fingerprint density at radius 1 is 1.20 bits per heavy atom. The molecular weight excluding hydrogens is 274 g/mol. The molecule has 0 amide bonds. The third-order valence-corrected chi connectivity index (χ3v) is 3.93.